The molecule has 21 heavy (non-hydrogen) atoms. The van der Waals surface area contributed by atoms with Gasteiger partial charge >= 0.3 is 0 Å². The zero-order chi connectivity index (χ0) is 15.2. The number of benzene rings is 1. The lowest BCUT2D eigenvalue weighted by molar-refractivity contribution is -0.116. The maximum atomic E-state index is 12.0. The molecule has 5 nitrogen and oxygen atoms in total. The molecule has 0 saturated heterocycles. The van der Waals surface area contributed by atoms with E-state index in [0.29, 0.717) is 24.2 Å². The number of aryl methyl sites for hydroxylation is 1. The van der Waals surface area contributed by atoms with Gasteiger partial charge in [-0.05, 0) is 36.8 Å². The van der Waals surface area contributed by atoms with Crippen LogP contribution in [0.4, 0.5) is 11.4 Å². The minimum absolute atomic E-state index is 0.0884. The fourth-order valence-electron chi connectivity index (χ4n) is 2.00. The molecular formula is C16H18N2O3. The molecule has 0 fully saturated rings. The SMILES string of the molecule is CC(=O)Nc1cccc(NC(=O)CCc2ccco2)c1C. The van der Waals surface area contributed by atoms with Gasteiger partial charge in [0.05, 0.1) is 6.26 Å². The lowest BCUT2D eigenvalue weighted by Gasteiger charge is -2.12. The standard InChI is InChI=1S/C16H18N2O3/c1-11-14(17-12(2)19)6-3-7-15(11)18-16(20)9-8-13-5-4-10-21-13/h3-7,10H,8-9H2,1-2H3,(H,17,19)(H,18,20). The van der Waals surface area contributed by atoms with Gasteiger partial charge in [0.2, 0.25) is 11.8 Å². The van der Waals surface area contributed by atoms with Gasteiger partial charge < -0.3 is 15.1 Å². The van der Waals surface area contributed by atoms with Crippen molar-refractivity contribution in [1.29, 1.82) is 0 Å². The molecular weight excluding hydrogens is 268 g/mol. The van der Waals surface area contributed by atoms with Crippen LogP contribution in [0.3, 0.4) is 0 Å². The van der Waals surface area contributed by atoms with Gasteiger partial charge in [-0.25, -0.2) is 0 Å². The summed E-state index contributed by atoms with van der Waals surface area (Å²) in [6.45, 7) is 3.31. The van der Waals surface area contributed by atoms with E-state index in [0.717, 1.165) is 11.3 Å². The van der Waals surface area contributed by atoms with Crippen LogP contribution in [-0.4, -0.2) is 11.8 Å². The topological polar surface area (TPSA) is 71.3 Å². The summed E-state index contributed by atoms with van der Waals surface area (Å²) < 4.78 is 5.19. The monoisotopic (exact) mass is 286 g/mol. The molecule has 0 spiro atoms. The number of hydrogen-bond acceptors (Lipinski definition) is 3. The molecule has 2 rings (SSSR count). The molecule has 1 heterocycles. The van der Waals surface area contributed by atoms with Crippen molar-refractivity contribution in [2.24, 2.45) is 0 Å². The van der Waals surface area contributed by atoms with Gasteiger partial charge in [-0.15, -0.1) is 0 Å². The second-order valence-corrected chi connectivity index (χ2v) is 4.79. The van der Waals surface area contributed by atoms with Gasteiger partial charge in [-0.2, -0.15) is 0 Å². The summed E-state index contributed by atoms with van der Waals surface area (Å²) >= 11 is 0. The Morgan fingerprint density at radius 3 is 2.43 bits per heavy atom. The second-order valence-electron chi connectivity index (χ2n) is 4.79. The fourth-order valence-corrected chi connectivity index (χ4v) is 2.00. The van der Waals surface area contributed by atoms with E-state index in [-0.39, 0.29) is 11.8 Å². The van der Waals surface area contributed by atoms with Gasteiger partial charge in [-0.3, -0.25) is 9.59 Å². The van der Waals surface area contributed by atoms with E-state index in [1.54, 1.807) is 24.5 Å². The molecule has 2 N–H and O–H groups in total. The summed E-state index contributed by atoms with van der Waals surface area (Å²) in [4.78, 5) is 23.1. The zero-order valence-electron chi connectivity index (χ0n) is 12.1. The Balaban J connectivity index is 1.98. The quantitative estimate of drug-likeness (QED) is 0.887. The third-order valence-corrected chi connectivity index (χ3v) is 3.10. The van der Waals surface area contributed by atoms with Crippen LogP contribution in [0.2, 0.25) is 0 Å². The van der Waals surface area contributed by atoms with E-state index in [4.69, 9.17) is 4.42 Å². The predicted octanol–water partition coefficient (Wildman–Crippen LogP) is 3.12. The molecule has 1 aromatic heterocycles. The van der Waals surface area contributed by atoms with Crippen LogP contribution < -0.4 is 10.6 Å². The number of amides is 2. The summed E-state index contributed by atoms with van der Waals surface area (Å²) in [5, 5.41) is 5.59. The third kappa shape index (κ3) is 4.21. The molecule has 0 aliphatic heterocycles. The summed E-state index contributed by atoms with van der Waals surface area (Å²) in [5.41, 5.74) is 2.23. The Hall–Kier alpha value is -2.56. The van der Waals surface area contributed by atoms with Crippen LogP contribution in [-0.2, 0) is 16.0 Å². The number of hydrogen-bond donors (Lipinski definition) is 2. The summed E-state index contributed by atoms with van der Waals surface area (Å²) in [5.74, 6) is 0.558. The molecule has 2 aromatic rings. The molecule has 0 aliphatic carbocycles. The van der Waals surface area contributed by atoms with Gasteiger partial charge in [0, 0.05) is 31.1 Å². The minimum atomic E-state index is -0.139. The van der Waals surface area contributed by atoms with Crippen molar-refractivity contribution >= 4 is 23.2 Å². The Labute approximate surface area is 123 Å². The number of carbonyl (C=O) groups is 2. The first kappa shape index (κ1) is 14.8. The Kier molecular flexibility index (Phi) is 4.77. The van der Waals surface area contributed by atoms with Crippen LogP contribution in [0.5, 0.6) is 0 Å². The number of carbonyl (C=O) groups excluding carboxylic acids is 2. The average Bonchev–Trinajstić information content (AvgIpc) is 2.94. The zero-order valence-corrected chi connectivity index (χ0v) is 12.1. The molecule has 1 aromatic carbocycles. The number of furan rings is 1. The lowest BCUT2D eigenvalue weighted by atomic mass is 10.1. The molecule has 0 aliphatic rings. The van der Waals surface area contributed by atoms with Crippen molar-refractivity contribution in [2.75, 3.05) is 10.6 Å². The molecule has 0 saturated carbocycles. The van der Waals surface area contributed by atoms with E-state index in [1.165, 1.54) is 6.92 Å². The van der Waals surface area contributed by atoms with Crippen LogP contribution >= 0.6 is 0 Å². The van der Waals surface area contributed by atoms with Crippen molar-refractivity contribution in [2.45, 2.75) is 26.7 Å². The molecule has 2 amide bonds. The Bertz CT molecular complexity index is 633. The number of anilines is 2. The Morgan fingerprint density at radius 2 is 1.81 bits per heavy atom. The molecule has 5 heteroatoms. The number of rotatable bonds is 5. The summed E-state index contributed by atoms with van der Waals surface area (Å²) in [6, 6.07) is 9.05. The molecule has 0 atom stereocenters. The summed E-state index contributed by atoms with van der Waals surface area (Å²) in [7, 11) is 0. The number of nitrogens with one attached hydrogen (secondary N) is 2. The molecule has 110 valence electrons. The summed E-state index contributed by atoms with van der Waals surface area (Å²) in [6.07, 6.45) is 2.49. The third-order valence-electron chi connectivity index (χ3n) is 3.10. The van der Waals surface area contributed by atoms with Gasteiger partial charge in [-0.1, -0.05) is 6.07 Å². The Morgan fingerprint density at radius 1 is 1.10 bits per heavy atom. The maximum absolute atomic E-state index is 12.0. The normalized spacial score (nSPS) is 10.2. The van der Waals surface area contributed by atoms with Crippen LogP contribution in [0, 0.1) is 6.92 Å². The van der Waals surface area contributed by atoms with Gasteiger partial charge in [0.1, 0.15) is 5.76 Å². The van der Waals surface area contributed by atoms with Gasteiger partial charge in [0.15, 0.2) is 0 Å². The largest absolute Gasteiger partial charge is 0.469 e. The van der Waals surface area contributed by atoms with E-state index in [1.807, 2.05) is 19.1 Å². The highest BCUT2D eigenvalue weighted by molar-refractivity contribution is 5.95. The average molecular weight is 286 g/mol. The highest BCUT2D eigenvalue weighted by Crippen LogP contribution is 2.23. The first-order valence-corrected chi connectivity index (χ1v) is 6.75. The lowest BCUT2D eigenvalue weighted by Crippen LogP contribution is -2.14. The van der Waals surface area contributed by atoms with E-state index < -0.39 is 0 Å². The highest BCUT2D eigenvalue weighted by Gasteiger charge is 2.09. The van der Waals surface area contributed by atoms with Crippen molar-refractivity contribution in [3.63, 3.8) is 0 Å². The van der Waals surface area contributed by atoms with Crippen LogP contribution in [0.1, 0.15) is 24.7 Å². The predicted molar refractivity (Wildman–Crippen MR) is 81.1 cm³/mol. The smallest absolute Gasteiger partial charge is 0.224 e. The first-order chi connectivity index (χ1) is 10.1. The first-order valence-electron chi connectivity index (χ1n) is 6.75. The van der Waals surface area contributed by atoms with Gasteiger partial charge in [0.25, 0.3) is 0 Å². The van der Waals surface area contributed by atoms with Crippen LogP contribution in [0.15, 0.2) is 41.0 Å². The van der Waals surface area contributed by atoms with E-state index in [9.17, 15) is 9.59 Å². The fraction of sp³-hybridized carbons (Fsp3) is 0.250. The maximum Gasteiger partial charge on any atom is 0.224 e. The van der Waals surface area contributed by atoms with Crippen molar-refractivity contribution < 1.29 is 14.0 Å². The van der Waals surface area contributed by atoms with Crippen LogP contribution in [0.25, 0.3) is 0 Å². The van der Waals surface area contributed by atoms with Crippen molar-refractivity contribution in [1.82, 2.24) is 0 Å². The molecule has 0 unspecified atom stereocenters. The van der Waals surface area contributed by atoms with E-state index in [2.05, 4.69) is 10.6 Å². The minimum Gasteiger partial charge on any atom is -0.469 e. The van der Waals surface area contributed by atoms with Crippen molar-refractivity contribution in [3.8, 4) is 0 Å². The van der Waals surface area contributed by atoms with Crippen molar-refractivity contribution in [3.05, 3.63) is 47.9 Å². The second kappa shape index (κ2) is 6.74. The van der Waals surface area contributed by atoms with E-state index >= 15 is 0 Å². The highest BCUT2D eigenvalue weighted by atomic mass is 16.3. The molecule has 0 bridgehead atoms. The molecule has 0 radical (unpaired) electrons.